The molecule has 3 nitrogen and oxygen atoms in total. The molecule has 0 fully saturated rings. The van der Waals surface area contributed by atoms with E-state index in [2.05, 4.69) is 24.0 Å². The van der Waals surface area contributed by atoms with Crippen LogP contribution in [-0.2, 0) is 4.79 Å². The maximum Gasteiger partial charge on any atom is 0.305 e. The number of carboxylic acid groups (broad SMARTS) is 1. The number of thioether (sulfide) groups is 1. The van der Waals surface area contributed by atoms with Gasteiger partial charge in [-0.1, -0.05) is 12.1 Å². The fourth-order valence-corrected chi connectivity index (χ4v) is 3.27. The highest BCUT2D eigenvalue weighted by Crippen LogP contribution is 2.37. The summed E-state index contributed by atoms with van der Waals surface area (Å²) in [4.78, 5) is 14.3. The molecule has 0 saturated carbocycles. The molecule has 0 bridgehead atoms. The smallest absolute Gasteiger partial charge is 0.305 e. The maximum absolute atomic E-state index is 10.8. The van der Waals surface area contributed by atoms with Crippen molar-refractivity contribution in [2.45, 2.75) is 24.3 Å². The molecule has 1 aromatic rings. The number of fused-ring (bicyclic) bond motifs is 1. The number of nitrogens with zero attached hydrogens (tertiary/aromatic N) is 1. The van der Waals surface area contributed by atoms with Gasteiger partial charge in [0.1, 0.15) is 0 Å². The molecule has 0 saturated heterocycles. The second kappa shape index (κ2) is 4.78. The van der Waals surface area contributed by atoms with E-state index in [1.807, 2.05) is 12.1 Å². The first-order chi connectivity index (χ1) is 7.72. The average Bonchev–Trinajstić information content (AvgIpc) is 2.28. The molecular formula is C12H15NO2S. The highest BCUT2D eigenvalue weighted by molar-refractivity contribution is 7.99. The lowest BCUT2D eigenvalue weighted by Crippen LogP contribution is -2.41. The second-order valence-electron chi connectivity index (χ2n) is 3.82. The highest BCUT2D eigenvalue weighted by Gasteiger charge is 2.26. The minimum absolute atomic E-state index is 0.113. The third kappa shape index (κ3) is 2.16. The maximum atomic E-state index is 10.8. The quantitative estimate of drug-likeness (QED) is 0.876. The van der Waals surface area contributed by atoms with Gasteiger partial charge in [-0.15, -0.1) is 11.8 Å². The van der Waals surface area contributed by atoms with E-state index in [9.17, 15) is 4.79 Å². The molecule has 0 amide bonds. The van der Waals surface area contributed by atoms with Gasteiger partial charge in [0, 0.05) is 23.2 Å². The molecule has 0 aromatic heterocycles. The largest absolute Gasteiger partial charge is 0.481 e. The number of rotatable bonds is 3. The lowest BCUT2D eigenvalue weighted by Gasteiger charge is -2.37. The van der Waals surface area contributed by atoms with Crippen molar-refractivity contribution < 1.29 is 9.90 Å². The Balaban J connectivity index is 2.26. The summed E-state index contributed by atoms with van der Waals surface area (Å²) in [5.74, 6) is 0.139. The van der Waals surface area contributed by atoms with Crippen LogP contribution >= 0.6 is 11.8 Å². The predicted molar refractivity (Wildman–Crippen MR) is 66.2 cm³/mol. The first-order valence-electron chi connectivity index (χ1n) is 5.42. The Labute approximate surface area is 99.5 Å². The Morgan fingerprint density at radius 1 is 1.56 bits per heavy atom. The lowest BCUT2D eigenvalue weighted by molar-refractivity contribution is -0.137. The van der Waals surface area contributed by atoms with Gasteiger partial charge in [0.2, 0.25) is 0 Å². The van der Waals surface area contributed by atoms with E-state index in [4.69, 9.17) is 5.11 Å². The van der Waals surface area contributed by atoms with Crippen LogP contribution in [0.2, 0.25) is 0 Å². The Bertz CT molecular complexity index is 394. The number of para-hydroxylation sites is 1. The van der Waals surface area contributed by atoms with Crippen LogP contribution in [0.25, 0.3) is 0 Å². The SMILES string of the molecule is CCN1c2ccccc2SCC1CC(=O)O. The Morgan fingerprint density at radius 3 is 3.00 bits per heavy atom. The van der Waals surface area contributed by atoms with Gasteiger partial charge in [-0.05, 0) is 19.1 Å². The zero-order valence-electron chi connectivity index (χ0n) is 9.22. The molecular weight excluding hydrogens is 222 g/mol. The van der Waals surface area contributed by atoms with Crippen LogP contribution in [0.4, 0.5) is 5.69 Å². The van der Waals surface area contributed by atoms with Crippen molar-refractivity contribution in [3.8, 4) is 0 Å². The molecule has 0 radical (unpaired) electrons. The second-order valence-corrected chi connectivity index (χ2v) is 4.88. The van der Waals surface area contributed by atoms with Crippen molar-refractivity contribution in [3.63, 3.8) is 0 Å². The number of carboxylic acids is 1. The Kier molecular flexibility index (Phi) is 3.39. The van der Waals surface area contributed by atoms with E-state index >= 15 is 0 Å². The van der Waals surface area contributed by atoms with Crippen LogP contribution in [0.3, 0.4) is 0 Å². The molecule has 0 spiro atoms. The summed E-state index contributed by atoms with van der Waals surface area (Å²) in [6, 6.07) is 8.31. The molecule has 1 atom stereocenters. The van der Waals surface area contributed by atoms with E-state index in [0.29, 0.717) is 0 Å². The summed E-state index contributed by atoms with van der Waals surface area (Å²) >= 11 is 1.75. The van der Waals surface area contributed by atoms with Crippen molar-refractivity contribution in [2.24, 2.45) is 0 Å². The van der Waals surface area contributed by atoms with Crippen molar-refractivity contribution >= 4 is 23.4 Å². The van der Waals surface area contributed by atoms with Gasteiger partial charge in [-0.2, -0.15) is 0 Å². The molecule has 1 N–H and O–H groups in total. The zero-order valence-corrected chi connectivity index (χ0v) is 10.0. The van der Waals surface area contributed by atoms with Gasteiger partial charge in [0.15, 0.2) is 0 Å². The summed E-state index contributed by atoms with van der Waals surface area (Å²) in [6.07, 6.45) is 0.217. The third-order valence-electron chi connectivity index (χ3n) is 2.80. The van der Waals surface area contributed by atoms with Crippen molar-refractivity contribution in [2.75, 3.05) is 17.2 Å². The number of anilines is 1. The number of carbonyl (C=O) groups is 1. The van der Waals surface area contributed by atoms with Gasteiger partial charge >= 0.3 is 5.97 Å². The number of aliphatic carboxylic acids is 1. The van der Waals surface area contributed by atoms with Crippen molar-refractivity contribution in [1.29, 1.82) is 0 Å². The molecule has 4 heteroatoms. The van der Waals surface area contributed by atoms with Crippen LogP contribution in [0.15, 0.2) is 29.2 Å². The number of hydrogen-bond donors (Lipinski definition) is 1. The molecule has 86 valence electrons. The molecule has 1 unspecified atom stereocenters. The molecule has 1 aliphatic heterocycles. The minimum Gasteiger partial charge on any atom is -0.481 e. The van der Waals surface area contributed by atoms with Gasteiger partial charge in [0.25, 0.3) is 0 Å². The molecule has 1 aliphatic rings. The first kappa shape index (κ1) is 11.3. The van der Waals surface area contributed by atoms with Crippen molar-refractivity contribution in [1.82, 2.24) is 0 Å². The molecule has 1 heterocycles. The van der Waals surface area contributed by atoms with E-state index in [-0.39, 0.29) is 12.5 Å². The summed E-state index contributed by atoms with van der Waals surface area (Å²) < 4.78 is 0. The molecule has 2 rings (SSSR count). The van der Waals surface area contributed by atoms with Crippen LogP contribution < -0.4 is 4.90 Å². The summed E-state index contributed by atoms with van der Waals surface area (Å²) in [6.45, 7) is 2.93. The highest BCUT2D eigenvalue weighted by atomic mass is 32.2. The van der Waals surface area contributed by atoms with Gasteiger partial charge < -0.3 is 10.0 Å². The number of benzene rings is 1. The molecule has 0 aliphatic carbocycles. The fraction of sp³-hybridized carbons (Fsp3) is 0.417. The van der Waals surface area contributed by atoms with Crippen LogP contribution in [0.5, 0.6) is 0 Å². The summed E-state index contributed by atoms with van der Waals surface area (Å²) in [5, 5.41) is 8.89. The first-order valence-corrected chi connectivity index (χ1v) is 6.41. The van der Waals surface area contributed by atoms with E-state index in [0.717, 1.165) is 12.3 Å². The summed E-state index contributed by atoms with van der Waals surface area (Å²) in [5.41, 5.74) is 1.17. The van der Waals surface area contributed by atoms with Crippen LogP contribution in [0, 0.1) is 0 Å². The molecule has 16 heavy (non-hydrogen) atoms. The normalized spacial score (nSPS) is 19.3. The average molecular weight is 237 g/mol. The van der Waals surface area contributed by atoms with Gasteiger partial charge in [-0.25, -0.2) is 0 Å². The zero-order chi connectivity index (χ0) is 11.5. The minimum atomic E-state index is -0.719. The van der Waals surface area contributed by atoms with E-state index in [1.54, 1.807) is 11.8 Å². The van der Waals surface area contributed by atoms with Gasteiger partial charge in [-0.3, -0.25) is 4.79 Å². The predicted octanol–water partition coefficient (Wildman–Crippen LogP) is 2.46. The standard InChI is InChI=1S/C12H15NO2S/c1-2-13-9(7-12(14)15)8-16-11-6-4-3-5-10(11)13/h3-6,9H,2,7-8H2,1H3,(H,14,15). The molecule has 1 aromatic carbocycles. The Morgan fingerprint density at radius 2 is 2.31 bits per heavy atom. The van der Waals surface area contributed by atoms with Gasteiger partial charge in [0.05, 0.1) is 12.1 Å². The van der Waals surface area contributed by atoms with Crippen molar-refractivity contribution in [3.05, 3.63) is 24.3 Å². The topological polar surface area (TPSA) is 40.5 Å². The third-order valence-corrected chi connectivity index (χ3v) is 4.01. The monoisotopic (exact) mass is 237 g/mol. The number of hydrogen-bond acceptors (Lipinski definition) is 3. The summed E-state index contributed by atoms with van der Waals surface area (Å²) in [7, 11) is 0. The van der Waals surface area contributed by atoms with E-state index in [1.165, 1.54) is 10.6 Å². The fourth-order valence-electron chi connectivity index (χ4n) is 2.09. The lowest BCUT2D eigenvalue weighted by atomic mass is 10.1. The van der Waals surface area contributed by atoms with E-state index < -0.39 is 5.97 Å². The Hall–Kier alpha value is -1.16. The van der Waals surface area contributed by atoms with Crippen LogP contribution in [-0.4, -0.2) is 29.4 Å². The van der Waals surface area contributed by atoms with Crippen LogP contribution in [0.1, 0.15) is 13.3 Å².